The standard InChI is InChI=1S/C21H19BrIN3O2/c1-3-5-20-25-18-8-7-15(22)12-16(18)21(27)26(20)24-13-14-6-9-19(17(23)11-14)28-10-4-2/h4,6-9,11-13H,2-3,5,10H2,1H3. The summed E-state index contributed by atoms with van der Waals surface area (Å²) in [6.07, 6.45) is 4.92. The average molecular weight is 552 g/mol. The molecule has 0 atom stereocenters. The third kappa shape index (κ3) is 4.70. The van der Waals surface area contributed by atoms with Crippen molar-refractivity contribution in [3.05, 3.63) is 78.8 Å². The summed E-state index contributed by atoms with van der Waals surface area (Å²) >= 11 is 5.63. The summed E-state index contributed by atoms with van der Waals surface area (Å²) in [5.41, 5.74) is 1.38. The molecule has 0 radical (unpaired) electrons. The van der Waals surface area contributed by atoms with Gasteiger partial charge in [0, 0.05) is 10.9 Å². The van der Waals surface area contributed by atoms with Crippen molar-refractivity contribution in [2.45, 2.75) is 19.8 Å². The minimum Gasteiger partial charge on any atom is -0.488 e. The lowest BCUT2D eigenvalue weighted by molar-refractivity contribution is 0.360. The molecule has 0 N–H and O–H groups in total. The van der Waals surface area contributed by atoms with Crippen molar-refractivity contribution in [1.29, 1.82) is 0 Å². The summed E-state index contributed by atoms with van der Waals surface area (Å²) < 4.78 is 8.79. The van der Waals surface area contributed by atoms with E-state index in [0.717, 1.165) is 25.8 Å². The van der Waals surface area contributed by atoms with Crippen LogP contribution in [0.25, 0.3) is 10.9 Å². The maximum absolute atomic E-state index is 13.0. The largest absolute Gasteiger partial charge is 0.488 e. The first-order valence-electron chi connectivity index (χ1n) is 8.82. The third-order valence-corrected chi connectivity index (χ3v) is 5.32. The minimum absolute atomic E-state index is 0.174. The minimum atomic E-state index is -0.174. The van der Waals surface area contributed by atoms with Gasteiger partial charge in [0.15, 0.2) is 0 Å². The van der Waals surface area contributed by atoms with Gasteiger partial charge in [0.05, 0.1) is 20.7 Å². The van der Waals surface area contributed by atoms with Crippen LogP contribution in [0.2, 0.25) is 0 Å². The van der Waals surface area contributed by atoms with Crippen LogP contribution in [-0.4, -0.2) is 22.5 Å². The predicted molar refractivity (Wildman–Crippen MR) is 126 cm³/mol. The van der Waals surface area contributed by atoms with E-state index < -0.39 is 0 Å². The molecule has 0 unspecified atom stereocenters. The topological polar surface area (TPSA) is 56.5 Å². The van der Waals surface area contributed by atoms with E-state index in [2.05, 4.69) is 62.1 Å². The smallest absolute Gasteiger partial charge is 0.282 e. The molecule has 3 aromatic rings. The van der Waals surface area contributed by atoms with E-state index in [4.69, 9.17) is 4.74 Å². The third-order valence-electron chi connectivity index (χ3n) is 3.98. The first-order chi connectivity index (χ1) is 13.5. The summed E-state index contributed by atoms with van der Waals surface area (Å²) in [7, 11) is 0. The highest BCUT2D eigenvalue weighted by Crippen LogP contribution is 2.22. The quantitative estimate of drug-likeness (QED) is 0.231. The van der Waals surface area contributed by atoms with Crippen molar-refractivity contribution in [3.8, 4) is 5.75 Å². The van der Waals surface area contributed by atoms with Gasteiger partial charge in [0.1, 0.15) is 18.2 Å². The Bertz CT molecular complexity index is 1110. The first kappa shape index (κ1) is 20.7. The zero-order valence-electron chi connectivity index (χ0n) is 15.4. The van der Waals surface area contributed by atoms with Gasteiger partial charge < -0.3 is 4.74 Å². The molecule has 1 aromatic heterocycles. The van der Waals surface area contributed by atoms with Crippen molar-refractivity contribution in [1.82, 2.24) is 9.66 Å². The number of benzene rings is 2. The van der Waals surface area contributed by atoms with Gasteiger partial charge in [-0.1, -0.05) is 35.5 Å². The molecule has 0 aliphatic carbocycles. The molecular formula is C21H19BrIN3O2. The fourth-order valence-electron chi connectivity index (χ4n) is 2.69. The maximum atomic E-state index is 13.0. The van der Waals surface area contributed by atoms with Crippen LogP contribution >= 0.6 is 38.5 Å². The molecule has 0 aliphatic heterocycles. The van der Waals surface area contributed by atoms with Crippen LogP contribution in [0.4, 0.5) is 0 Å². The van der Waals surface area contributed by atoms with Gasteiger partial charge in [-0.3, -0.25) is 4.79 Å². The van der Waals surface area contributed by atoms with Crippen LogP contribution in [-0.2, 0) is 6.42 Å². The molecule has 0 fully saturated rings. The summed E-state index contributed by atoms with van der Waals surface area (Å²) in [6, 6.07) is 11.3. The summed E-state index contributed by atoms with van der Waals surface area (Å²) in [4.78, 5) is 17.6. The fourth-order valence-corrected chi connectivity index (χ4v) is 3.74. The second kappa shape index (κ2) is 9.47. The molecule has 28 heavy (non-hydrogen) atoms. The number of ether oxygens (including phenoxy) is 1. The number of rotatable bonds is 7. The van der Waals surface area contributed by atoms with Crippen molar-refractivity contribution in [2.75, 3.05) is 6.61 Å². The Morgan fingerprint density at radius 1 is 1.32 bits per heavy atom. The summed E-state index contributed by atoms with van der Waals surface area (Å²) in [6.45, 7) is 6.16. The van der Waals surface area contributed by atoms with E-state index in [1.165, 1.54) is 4.68 Å². The molecule has 0 aliphatic rings. The van der Waals surface area contributed by atoms with Crippen LogP contribution in [0.5, 0.6) is 5.75 Å². The number of nitrogens with zero attached hydrogens (tertiary/aromatic N) is 3. The molecule has 7 heteroatoms. The molecule has 0 saturated heterocycles. The van der Waals surface area contributed by atoms with E-state index in [-0.39, 0.29) is 5.56 Å². The molecule has 2 aromatic carbocycles. The highest BCUT2D eigenvalue weighted by atomic mass is 127. The van der Waals surface area contributed by atoms with Gasteiger partial charge in [-0.2, -0.15) is 9.78 Å². The lowest BCUT2D eigenvalue weighted by Gasteiger charge is -2.09. The van der Waals surface area contributed by atoms with Crippen molar-refractivity contribution in [2.24, 2.45) is 5.10 Å². The van der Waals surface area contributed by atoms with Crippen molar-refractivity contribution in [3.63, 3.8) is 0 Å². The Balaban J connectivity index is 2.02. The molecule has 144 valence electrons. The number of aryl methyl sites for hydroxylation is 1. The van der Waals surface area contributed by atoms with Gasteiger partial charge in [0.25, 0.3) is 5.56 Å². The van der Waals surface area contributed by atoms with Crippen LogP contribution in [0.1, 0.15) is 24.7 Å². The molecule has 5 nitrogen and oxygen atoms in total. The first-order valence-corrected chi connectivity index (χ1v) is 10.7. The van der Waals surface area contributed by atoms with Crippen LogP contribution in [0.3, 0.4) is 0 Å². The van der Waals surface area contributed by atoms with E-state index in [0.29, 0.717) is 29.8 Å². The van der Waals surface area contributed by atoms with Crippen molar-refractivity contribution < 1.29 is 4.74 Å². The number of halogens is 2. The van der Waals surface area contributed by atoms with E-state index in [9.17, 15) is 4.79 Å². The number of aromatic nitrogens is 2. The molecule has 0 amide bonds. The molecule has 0 spiro atoms. The monoisotopic (exact) mass is 551 g/mol. The van der Waals surface area contributed by atoms with Gasteiger partial charge in [-0.15, -0.1) is 0 Å². The number of hydrogen-bond donors (Lipinski definition) is 0. The Morgan fingerprint density at radius 2 is 2.14 bits per heavy atom. The van der Waals surface area contributed by atoms with Crippen LogP contribution in [0, 0.1) is 3.57 Å². The Hall–Kier alpha value is -2.00. The van der Waals surface area contributed by atoms with Gasteiger partial charge in [0.2, 0.25) is 0 Å². The lowest BCUT2D eigenvalue weighted by Crippen LogP contribution is -2.22. The van der Waals surface area contributed by atoms with Gasteiger partial charge in [-0.05, 0) is 71.0 Å². The number of fused-ring (bicyclic) bond motifs is 1. The second-order valence-corrected chi connectivity index (χ2v) is 8.17. The molecule has 0 saturated carbocycles. The Morgan fingerprint density at radius 3 is 2.86 bits per heavy atom. The van der Waals surface area contributed by atoms with E-state index >= 15 is 0 Å². The maximum Gasteiger partial charge on any atom is 0.282 e. The normalized spacial score (nSPS) is 11.2. The second-order valence-electron chi connectivity index (χ2n) is 6.09. The van der Waals surface area contributed by atoms with Crippen LogP contribution in [0.15, 0.2) is 63.4 Å². The Labute approximate surface area is 185 Å². The molecule has 0 bridgehead atoms. The highest BCUT2D eigenvalue weighted by Gasteiger charge is 2.10. The summed E-state index contributed by atoms with van der Waals surface area (Å²) in [5.74, 6) is 1.44. The highest BCUT2D eigenvalue weighted by molar-refractivity contribution is 14.1. The van der Waals surface area contributed by atoms with Gasteiger partial charge in [-0.25, -0.2) is 4.98 Å². The van der Waals surface area contributed by atoms with Crippen molar-refractivity contribution >= 4 is 55.6 Å². The number of hydrogen-bond acceptors (Lipinski definition) is 4. The molecular weight excluding hydrogens is 533 g/mol. The fraction of sp³-hybridized carbons (Fsp3) is 0.190. The SMILES string of the molecule is C=CCOc1ccc(C=Nn2c(CCC)nc3ccc(Br)cc3c2=O)cc1I. The van der Waals surface area contributed by atoms with E-state index in [1.54, 1.807) is 18.4 Å². The molecule has 1 heterocycles. The predicted octanol–water partition coefficient (Wildman–Crippen LogP) is 5.16. The molecule has 3 rings (SSSR count). The average Bonchev–Trinajstić information content (AvgIpc) is 2.68. The summed E-state index contributed by atoms with van der Waals surface area (Å²) in [5, 5.41) is 4.98. The zero-order chi connectivity index (χ0) is 20.1. The lowest BCUT2D eigenvalue weighted by atomic mass is 10.2. The van der Waals surface area contributed by atoms with Gasteiger partial charge >= 0.3 is 0 Å². The zero-order valence-corrected chi connectivity index (χ0v) is 19.1. The van der Waals surface area contributed by atoms with Crippen LogP contribution < -0.4 is 10.3 Å². The Kier molecular flexibility index (Phi) is 7.01. The van der Waals surface area contributed by atoms with E-state index in [1.807, 2.05) is 30.3 Å².